The van der Waals surface area contributed by atoms with Crippen molar-refractivity contribution >= 4 is 5.82 Å². The van der Waals surface area contributed by atoms with Crippen LogP contribution in [-0.4, -0.2) is 24.1 Å². The number of pyridine rings is 1. The average Bonchev–Trinajstić information content (AvgIpc) is 2.55. The molecule has 2 aromatic rings. The van der Waals surface area contributed by atoms with Gasteiger partial charge in [0.25, 0.3) is 0 Å². The molecule has 0 amide bonds. The van der Waals surface area contributed by atoms with Crippen LogP contribution in [0.15, 0.2) is 42.6 Å². The molecular formula is C19H22FN3. The number of benzene rings is 1. The Morgan fingerprint density at radius 3 is 2.22 bits per heavy atom. The SMILES string of the molecule is NC1CC2(CCN(c3ccc(-c4ccc(F)cc4)cn3)CC2)C1. The minimum atomic E-state index is -0.212. The number of hydrogen-bond acceptors (Lipinski definition) is 3. The van der Waals surface area contributed by atoms with Crippen LogP contribution in [0.3, 0.4) is 0 Å². The Bertz CT molecular complexity index is 665. The second kappa shape index (κ2) is 5.60. The zero-order valence-electron chi connectivity index (χ0n) is 13.2. The Morgan fingerprint density at radius 2 is 1.65 bits per heavy atom. The topological polar surface area (TPSA) is 42.1 Å². The van der Waals surface area contributed by atoms with Crippen molar-refractivity contribution in [3.8, 4) is 11.1 Å². The summed E-state index contributed by atoms with van der Waals surface area (Å²) >= 11 is 0. The smallest absolute Gasteiger partial charge is 0.128 e. The van der Waals surface area contributed by atoms with E-state index in [0.29, 0.717) is 11.5 Å². The largest absolute Gasteiger partial charge is 0.357 e. The first-order valence-corrected chi connectivity index (χ1v) is 8.36. The highest BCUT2D eigenvalue weighted by Crippen LogP contribution is 2.48. The molecule has 1 aromatic heterocycles. The van der Waals surface area contributed by atoms with E-state index in [-0.39, 0.29) is 5.82 Å². The van der Waals surface area contributed by atoms with E-state index < -0.39 is 0 Å². The first-order chi connectivity index (χ1) is 11.1. The summed E-state index contributed by atoms with van der Waals surface area (Å²) in [5.74, 6) is 0.825. The maximum Gasteiger partial charge on any atom is 0.128 e. The van der Waals surface area contributed by atoms with Crippen LogP contribution in [-0.2, 0) is 0 Å². The fourth-order valence-electron chi connectivity index (χ4n) is 4.06. The number of rotatable bonds is 2. The third kappa shape index (κ3) is 2.83. The van der Waals surface area contributed by atoms with Crippen molar-refractivity contribution in [1.82, 2.24) is 4.98 Å². The second-order valence-corrected chi connectivity index (χ2v) is 7.07. The maximum atomic E-state index is 13.0. The number of halogens is 1. The predicted octanol–water partition coefficient (Wildman–Crippen LogP) is 3.60. The van der Waals surface area contributed by atoms with Gasteiger partial charge in [0.2, 0.25) is 0 Å². The minimum absolute atomic E-state index is 0.212. The number of piperidine rings is 1. The summed E-state index contributed by atoms with van der Waals surface area (Å²) in [6.45, 7) is 2.13. The second-order valence-electron chi connectivity index (χ2n) is 7.07. The van der Waals surface area contributed by atoms with Crippen LogP contribution in [0.4, 0.5) is 10.2 Å². The molecule has 1 aromatic carbocycles. The molecule has 4 heteroatoms. The van der Waals surface area contributed by atoms with E-state index in [1.54, 1.807) is 12.1 Å². The number of nitrogens with two attached hydrogens (primary N) is 1. The fourth-order valence-corrected chi connectivity index (χ4v) is 4.06. The van der Waals surface area contributed by atoms with Crippen LogP contribution >= 0.6 is 0 Å². The third-order valence-corrected chi connectivity index (χ3v) is 5.46. The van der Waals surface area contributed by atoms with Gasteiger partial charge in [-0.3, -0.25) is 0 Å². The number of hydrogen-bond donors (Lipinski definition) is 1. The van der Waals surface area contributed by atoms with Gasteiger partial charge in [-0.15, -0.1) is 0 Å². The summed E-state index contributed by atoms with van der Waals surface area (Å²) in [5, 5.41) is 0. The Kier molecular flexibility index (Phi) is 3.57. The molecule has 2 aliphatic rings. The molecule has 1 saturated carbocycles. The van der Waals surface area contributed by atoms with Gasteiger partial charge in [0.15, 0.2) is 0 Å². The molecule has 23 heavy (non-hydrogen) atoms. The zero-order chi connectivity index (χ0) is 15.9. The number of anilines is 1. The lowest BCUT2D eigenvalue weighted by Crippen LogP contribution is -2.52. The quantitative estimate of drug-likeness (QED) is 0.921. The molecule has 0 radical (unpaired) electrons. The zero-order valence-corrected chi connectivity index (χ0v) is 13.2. The van der Waals surface area contributed by atoms with Crippen LogP contribution in [0.2, 0.25) is 0 Å². The van der Waals surface area contributed by atoms with Crippen LogP contribution < -0.4 is 10.6 Å². The highest BCUT2D eigenvalue weighted by molar-refractivity contribution is 5.63. The Labute approximate surface area is 136 Å². The van der Waals surface area contributed by atoms with E-state index in [2.05, 4.69) is 22.0 Å². The van der Waals surface area contributed by atoms with E-state index in [4.69, 9.17) is 5.73 Å². The van der Waals surface area contributed by atoms with E-state index in [9.17, 15) is 4.39 Å². The lowest BCUT2D eigenvalue weighted by molar-refractivity contribution is 0.0711. The molecule has 1 aliphatic heterocycles. The van der Waals surface area contributed by atoms with Crippen LogP contribution in [0.5, 0.6) is 0 Å². The van der Waals surface area contributed by atoms with Gasteiger partial charge in [0.1, 0.15) is 11.6 Å². The van der Waals surface area contributed by atoms with Crippen LogP contribution in [0.25, 0.3) is 11.1 Å². The molecule has 2 fully saturated rings. The van der Waals surface area contributed by atoms with Crippen LogP contribution in [0, 0.1) is 11.2 Å². The summed E-state index contributed by atoms with van der Waals surface area (Å²) in [7, 11) is 0. The molecule has 0 unspecified atom stereocenters. The molecule has 1 spiro atoms. The molecule has 120 valence electrons. The molecule has 2 heterocycles. The molecule has 3 nitrogen and oxygen atoms in total. The minimum Gasteiger partial charge on any atom is -0.357 e. The first-order valence-electron chi connectivity index (χ1n) is 8.36. The Hall–Kier alpha value is -1.94. The average molecular weight is 311 g/mol. The highest BCUT2D eigenvalue weighted by atomic mass is 19.1. The van der Waals surface area contributed by atoms with E-state index in [1.165, 1.54) is 37.8 Å². The molecule has 2 N–H and O–H groups in total. The van der Waals surface area contributed by atoms with Crippen molar-refractivity contribution in [2.75, 3.05) is 18.0 Å². The summed E-state index contributed by atoms with van der Waals surface area (Å²) in [6, 6.07) is 11.1. The first kappa shape index (κ1) is 14.6. The van der Waals surface area contributed by atoms with Gasteiger partial charge < -0.3 is 10.6 Å². The fraction of sp³-hybridized carbons (Fsp3) is 0.421. The standard InChI is InChI=1S/C19H22FN3/c20-16-4-1-14(2-5-16)15-3-6-18(22-13-15)23-9-7-19(8-10-23)11-17(21)12-19/h1-6,13,17H,7-12,21H2. The highest BCUT2D eigenvalue weighted by Gasteiger charge is 2.44. The van der Waals surface area contributed by atoms with Gasteiger partial charge in [-0.05, 0) is 60.9 Å². The van der Waals surface area contributed by atoms with Crippen molar-refractivity contribution in [3.63, 3.8) is 0 Å². The van der Waals surface area contributed by atoms with Crippen molar-refractivity contribution in [1.29, 1.82) is 0 Å². The predicted molar refractivity (Wildman–Crippen MR) is 90.7 cm³/mol. The summed E-state index contributed by atoms with van der Waals surface area (Å²) in [4.78, 5) is 6.98. The van der Waals surface area contributed by atoms with Crippen molar-refractivity contribution in [2.45, 2.75) is 31.7 Å². The summed E-state index contributed by atoms with van der Waals surface area (Å²) in [6.07, 6.45) is 6.71. The molecule has 0 atom stereocenters. The molecule has 1 saturated heterocycles. The molecule has 4 rings (SSSR count). The summed E-state index contributed by atoms with van der Waals surface area (Å²) in [5.41, 5.74) is 8.49. The normalized spacial score (nSPS) is 20.5. The van der Waals surface area contributed by atoms with Crippen molar-refractivity contribution in [2.24, 2.45) is 11.1 Å². The number of aromatic nitrogens is 1. The molecular weight excluding hydrogens is 289 g/mol. The van der Waals surface area contributed by atoms with Crippen LogP contribution in [0.1, 0.15) is 25.7 Å². The van der Waals surface area contributed by atoms with Gasteiger partial charge in [-0.25, -0.2) is 9.37 Å². The maximum absolute atomic E-state index is 13.0. The lowest BCUT2D eigenvalue weighted by Gasteiger charge is -2.51. The van der Waals surface area contributed by atoms with Crippen molar-refractivity contribution < 1.29 is 4.39 Å². The monoisotopic (exact) mass is 311 g/mol. The van der Waals surface area contributed by atoms with Gasteiger partial charge >= 0.3 is 0 Å². The van der Waals surface area contributed by atoms with E-state index in [1.807, 2.05) is 6.20 Å². The number of nitrogens with zero attached hydrogens (tertiary/aromatic N) is 2. The van der Waals surface area contributed by atoms with E-state index in [0.717, 1.165) is 30.0 Å². The van der Waals surface area contributed by atoms with Crippen molar-refractivity contribution in [3.05, 3.63) is 48.4 Å². The lowest BCUT2D eigenvalue weighted by atomic mass is 9.61. The molecule has 0 bridgehead atoms. The summed E-state index contributed by atoms with van der Waals surface area (Å²) < 4.78 is 13.0. The van der Waals surface area contributed by atoms with Gasteiger partial charge in [0, 0.05) is 30.9 Å². The Balaban J connectivity index is 1.43. The Morgan fingerprint density at radius 1 is 1.00 bits per heavy atom. The van der Waals surface area contributed by atoms with Gasteiger partial charge in [0.05, 0.1) is 0 Å². The molecule has 1 aliphatic carbocycles. The van der Waals surface area contributed by atoms with Gasteiger partial charge in [-0.1, -0.05) is 12.1 Å². The third-order valence-electron chi connectivity index (χ3n) is 5.46. The van der Waals surface area contributed by atoms with E-state index >= 15 is 0 Å². The van der Waals surface area contributed by atoms with Gasteiger partial charge in [-0.2, -0.15) is 0 Å².